The van der Waals surface area contributed by atoms with Gasteiger partial charge in [-0.3, -0.25) is 0 Å². The molecule has 0 fully saturated rings. The fraction of sp³-hybridized carbons (Fsp3) is 0.0577. The van der Waals surface area contributed by atoms with Gasteiger partial charge in [0.05, 0.1) is 15.9 Å². The quantitative estimate of drug-likeness (QED) is 0.173. The van der Waals surface area contributed by atoms with Crippen molar-refractivity contribution in [3.8, 4) is 67.9 Å². The summed E-state index contributed by atoms with van der Waals surface area (Å²) in [5.41, 5.74) is 13.0. The fourth-order valence-electron chi connectivity index (χ4n) is 8.93. The van der Waals surface area contributed by atoms with Crippen molar-refractivity contribution in [2.75, 3.05) is 0 Å². The van der Waals surface area contributed by atoms with Crippen molar-refractivity contribution in [2.24, 2.45) is 0 Å². The minimum Gasteiger partial charge on any atom is -0.456 e. The normalized spacial score (nSPS) is 13.1. The Labute approximate surface area is 343 Å². The predicted molar refractivity (Wildman–Crippen MR) is 240 cm³/mol. The number of fused-ring (bicyclic) bond motifs is 9. The molecule has 1 aliphatic carbocycles. The smallest absolute Gasteiger partial charge is 0.164 e. The van der Waals surface area contributed by atoms with E-state index >= 15 is 0 Å². The van der Waals surface area contributed by atoms with Crippen LogP contribution in [-0.4, -0.2) is 24.9 Å². The minimum atomic E-state index is -0.155. The van der Waals surface area contributed by atoms with Gasteiger partial charge in [0.25, 0.3) is 0 Å². The monoisotopic (exact) mass is 775 g/mol. The Hall–Kier alpha value is -7.35. The maximum atomic E-state index is 6.69. The first-order valence-corrected chi connectivity index (χ1v) is 20.6. The summed E-state index contributed by atoms with van der Waals surface area (Å²) in [5, 5.41) is 2.99. The first-order valence-electron chi connectivity index (χ1n) is 19.8. The van der Waals surface area contributed by atoms with Crippen LogP contribution in [0.15, 0.2) is 168 Å². The number of thiophene rings is 1. The molecule has 6 nitrogen and oxygen atoms in total. The van der Waals surface area contributed by atoms with Crippen LogP contribution in [0.4, 0.5) is 0 Å². The molecule has 4 aromatic heterocycles. The predicted octanol–water partition coefficient (Wildman–Crippen LogP) is 13.6. The van der Waals surface area contributed by atoms with Gasteiger partial charge < -0.3 is 4.42 Å². The molecule has 0 radical (unpaired) electrons. The molecule has 12 rings (SSSR count). The zero-order chi connectivity index (χ0) is 39.2. The molecule has 4 heterocycles. The van der Waals surface area contributed by atoms with E-state index in [9.17, 15) is 0 Å². The van der Waals surface area contributed by atoms with Crippen LogP contribution in [0, 0.1) is 0 Å². The number of furan rings is 1. The second-order valence-corrected chi connectivity index (χ2v) is 16.7. The summed E-state index contributed by atoms with van der Waals surface area (Å²) in [4.78, 5) is 26.1. The van der Waals surface area contributed by atoms with Gasteiger partial charge in [0.1, 0.15) is 11.2 Å². The minimum absolute atomic E-state index is 0.155. The summed E-state index contributed by atoms with van der Waals surface area (Å²) >= 11 is 1.73. The van der Waals surface area contributed by atoms with Gasteiger partial charge in [-0.2, -0.15) is 0 Å². The van der Waals surface area contributed by atoms with Gasteiger partial charge in [-0.25, -0.2) is 24.9 Å². The van der Waals surface area contributed by atoms with Crippen LogP contribution in [0.5, 0.6) is 0 Å². The summed E-state index contributed by atoms with van der Waals surface area (Å²) in [6, 6.07) is 56.5. The van der Waals surface area contributed by atoms with E-state index in [0.717, 1.165) is 75.8 Å². The van der Waals surface area contributed by atoms with Crippen LogP contribution < -0.4 is 0 Å². The summed E-state index contributed by atoms with van der Waals surface area (Å²) in [6.45, 7) is 4.62. The lowest BCUT2D eigenvalue weighted by Crippen LogP contribution is -2.15. The molecular weight excluding hydrogens is 743 g/mol. The number of hydrogen-bond donors (Lipinski definition) is 0. The molecule has 278 valence electrons. The molecule has 0 bridgehead atoms. The van der Waals surface area contributed by atoms with E-state index in [4.69, 9.17) is 29.3 Å². The molecule has 0 saturated carbocycles. The Morgan fingerprint density at radius 2 is 1.02 bits per heavy atom. The zero-order valence-corrected chi connectivity index (χ0v) is 33.0. The first-order chi connectivity index (χ1) is 29.0. The summed E-state index contributed by atoms with van der Waals surface area (Å²) < 4.78 is 8.88. The Balaban J connectivity index is 1.12. The van der Waals surface area contributed by atoms with Crippen molar-refractivity contribution >= 4 is 53.6 Å². The highest BCUT2D eigenvalue weighted by Crippen LogP contribution is 2.50. The Morgan fingerprint density at radius 3 is 1.76 bits per heavy atom. The van der Waals surface area contributed by atoms with Crippen molar-refractivity contribution in [1.29, 1.82) is 0 Å². The molecule has 7 aromatic carbocycles. The van der Waals surface area contributed by atoms with E-state index in [2.05, 4.69) is 98.8 Å². The highest BCUT2D eigenvalue weighted by Gasteiger charge is 2.35. The third-order valence-corrected chi connectivity index (χ3v) is 12.9. The van der Waals surface area contributed by atoms with Gasteiger partial charge in [-0.15, -0.1) is 11.3 Å². The number of rotatable bonds is 5. The van der Waals surface area contributed by atoms with E-state index in [1.54, 1.807) is 11.3 Å². The standard InChI is InChI=1S/C52H33N5OS/c1-52(2)38-23-11-9-19-33(38)34-28-27-32(29-39(34)52)50-53-45-35-20-10-12-26-42(35)59-47(45)46(54-50)36-21-13-24-40-43(36)44-37(22-14-25-41(44)58-40)51-56-48(30-15-5-3-6-16-30)55-49(57-51)31-17-7-4-8-18-31/h3-29H,1-2H3. The third kappa shape index (κ3) is 5.21. The topological polar surface area (TPSA) is 77.6 Å². The van der Waals surface area contributed by atoms with Gasteiger partial charge in [-0.05, 0) is 46.5 Å². The highest BCUT2D eigenvalue weighted by molar-refractivity contribution is 7.26. The second kappa shape index (κ2) is 12.8. The van der Waals surface area contributed by atoms with Gasteiger partial charge in [0.15, 0.2) is 23.3 Å². The van der Waals surface area contributed by atoms with Crippen molar-refractivity contribution in [2.45, 2.75) is 19.3 Å². The lowest BCUT2D eigenvalue weighted by Gasteiger charge is -2.21. The first kappa shape index (κ1) is 33.8. The molecule has 0 aliphatic heterocycles. The van der Waals surface area contributed by atoms with Crippen molar-refractivity contribution in [1.82, 2.24) is 24.9 Å². The summed E-state index contributed by atoms with van der Waals surface area (Å²) in [5.74, 6) is 2.46. The van der Waals surface area contributed by atoms with Gasteiger partial charge in [-0.1, -0.05) is 153 Å². The maximum Gasteiger partial charge on any atom is 0.164 e. The molecule has 0 N–H and O–H groups in total. The van der Waals surface area contributed by atoms with Crippen LogP contribution in [0.2, 0.25) is 0 Å². The third-order valence-electron chi connectivity index (χ3n) is 11.8. The molecule has 0 amide bonds. The molecule has 0 spiro atoms. The summed E-state index contributed by atoms with van der Waals surface area (Å²) in [7, 11) is 0. The average Bonchev–Trinajstić information content (AvgIpc) is 3.94. The van der Waals surface area contributed by atoms with Crippen molar-refractivity contribution in [3.63, 3.8) is 0 Å². The maximum absolute atomic E-state index is 6.69. The molecule has 0 unspecified atom stereocenters. The van der Waals surface area contributed by atoms with Crippen molar-refractivity contribution < 1.29 is 4.42 Å². The van der Waals surface area contributed by atoms with Gasteiger partial charge in [0, 0.05) is 54.1 Å². The Kier molecular flexibility index (Phi) is 7.34. The van der Waals surface area contributed by atoms with Crippen molar-refractivity contribution in [3.05, 3.63) is 175 Å². The van der Waals surface area contributed by atoms with E-state index in [1.807, 2.05) is 78.9 Å². The number of benzene rings is 7. The van der Waals surface area contributed by atoms with Crippen LogP contribution in [-0.2, 0) is 5.41 Å². The Bertz CT molecular complexity index is 3420. The molecule has 59 heavy (non-hydrogen) atoms. The van der Waals surface area contributed by atoms with Gasteiger partial charge in [0.2, 0.25) is 0 Å². The zero-order valence-electron chi connectivity index (χ0n) is 32.1. The van der Waals surface area contributed by atoms with E-state index < -0.39 is 0 Å². The lowest BCUT2D eigenvalue weighted by molar-refractivity contribution is 0.660. The van der Waals surface area contributed by atoms with Crippen LogP contribution in [0.25, 0.3) is 110 Å². The molecule has 0 saturated heterocycles. The van der Waals surface area contributed by atoms with Crippen LogP contribution in [0.1, 0.15) is 25.0 Å². The molecule has 7 heteroatoms. The molecule has 0 atom stereocenters. The van der Waals surface area contributed by atoms with Gasteiger partial charge >= 0.3 is 0 Å². The molecule has 1 aliphatic rings. The van der Waals surface area contributed by atoms with E-state index in [0.29, 0.717) is 23.3 Å². The fourth-order valence-corrected chi connectivity index (χ4v) is 10.1. The van der Waals surface area contributed by atoms with E-state index in [1.165, 1.54) is 22.3 Å². The lowest BCUT2D eigenvalue weighted by atomic mass is 9.82. The Morgan fingerprint density at radius 1 is 0.441 bits per heavy atom. The second-order valence-electron chi connectivity index (χ2n) is 15.6. The van der Waals surface area contributed by atoms with Crippen LogP contribution in [0.3, 0.4) is 0 Å². The van der Waals surface area contributed by atoms with E-state index in [-0.39, 0.29) is 5.41 Å². The number of aromatic nitrogens is 5. The highest BCUT2D eigenvalue weighted by atomic mass is 32.1. The number of hydrogen-bond acceptors (Lipinski definition) is 7. The largest absolute Gasteiger partial charge is 0.456 e. The van der Waals surface area contributed by atoms with Crippen LogP contribution >= 0.6 is 11.3 Å². The number of nitrogens with zero attached hydrogens (tertiary/aromatic N) is 5. The SMILES string of the molecule is CC1(C)c2ccccc2-c2ccc(-c3nc(-c4cccc5oc6cccc(-c7nc(-c8ccccc8)nc(-c8ccccc8)n7)c6c45)c4sc5ccccc5c4n3)cc21. The molecular formula is C52H33N5OS. The molecule has 11 aromatic rings. The average molecular weight is 776 g/mol. The summed E-state index contributed by atoms with van der Waals surface area (Å²) in [6.07, 6.45) is 0.